The van der Waals surface area contributed by atoms with E-state index in [1.54, 1.807) is 12.1 Å². The Labute approximate surface area is 168 Å². The predicted octanol–water partition coefficient (Wildman–Crippen LogP) is 5.30. The molecule has 0 amide bonds. The number of hydrogen-bond acceptors (Lipinski definition) is 3. The van der Waals surface area contributed by atoms with E-state index < -0.39 is 0 Å². The second-order valence-corrected chi connectivity index (χ2v) is 7.31. The maximum Gasteiger partial charge on any atom is 0.123 e. The number of imidazole rings is 1. The van der Waals surface area contributed by atoms with Gasteiger partial charge in [-0.15, -0.1) is 0 Å². The topological polar surface area (TPSA) is 50.1 Å². The molecule has 1 aromatic heterocycles. The molecule has 0 fully saturated rings. The molecule has 3 rings (SSSR count). The zero-order valence-electron chi connectivity index (χ0n) is 17.2. The van der Waals surface area contributed by atoms with Crippen LogP contribution in [0.15, 0.2) is 48.5 Å². The molecular weight excluding hydrogens is 346 g/mol. The van der Waals surface area contributed by atoms with Gasteiger partial charge in [0.15, 0.2) is 0 Å². The third-order valence-corrected chi connectivity index (χ3v) is 5.06. The van der Waals surface area contributed by atoms with Gasteiger partial charge in [-0.1, -0.05) is 56.7 Å². The van der Waals surface area contributed by atoms with E-state index in [4.69, 9.17) is 4.98 Å². The normalized spacial score (nSPS) is 11.1. The van der Waals surface area contributed by atoms with E-state index in [9.17, 15) is 5.11 Å². The van der Waals surface area contributed by atoms with Crippen LogP contribution in [0.4, 0.5) is 0 Å². The number of aromatic nitrogens is 2. The first-order valence-corrected chi connectivity index (χ1v) is 10.3. The van der Waals surface area contributed by atoms with Crippen LogP contribution in [0.1, 0.15) is 44.5 Å². The molecule has 0 bridgehead atoms. The van der Waals surface area contributed by atoms with Gasteiger partial charge in [0, 0.05) is 18.2 Å². The number of nitrogens with one attached hydrogen (secondary N) is 1. The van der Waals surface area contributed by atoms with E-state index in [1.165, 1.54) is 18.4 Å². The van der Waals surface area contributed by atoms with Gasteiger partial charge in [-0.05, 0) is 43.5 Å². The molecule has 0 radical (unpaired) electrons. The van der Waals surface area contributed by atoms with E-state index in [0.717, 1.165) is 54.3 Å². The van der Waals surface area contributed by atoms with Crippen LogP contribution in [0, 0.1) is 0 Å². The van der Waals surface area contributed by atoms with Crippen molar-refractivity contribution in [2.24, 2.45) is 7.05 Å². The fraction of sp³-hybridized carbons (Fsp3) is 0.375. The van der Waals surface area contributed by atoms with Gasteiger partial charge < -0.3 is 15.0 Å². The first kappa shape index (κ1) is 20.2. The summed E-state index contributed by atoms with van der Waals surface area (Å²) in [6, 6.07) is 16.2. The molecule has 3 aromatic rings. The van der Waals surface area contributed by atoms with Gasteiger partial charge in [-0.25, -0.2) is 4.98 Å². The van der Waals surface area contributed by atoms with E-state index >= 15 is 0 Å². The molecule has 0 aliphatic carbocycles. The molecule has 1 heterocycles. The number of unbranched alkanes of at least 4 members (excludes halogenated alkanes) is 1. The molecule has 2 aromatic carbocycles. The maximum absolute atomic E-state index is 9.98. The molecule has 0 aliphatic heterocycles. The fourth-order valence-corrected chi connectivity index (χ4v) is 3.48. The lowest BCUT2D eigenvalue weighted by molar-refractivity contribution is 0.475. The second kappa shape index (κ2) is 9.56. The van der Waals surface area contributed by atoms with Gasteiger partial charge >= 0.3 is 0 Å². The molecule has 0 atom stereocenters. The minimum atomic E-state index is 0.269. The minimum Gasteiger partial charge on any atom is -0.508 e. The molecule has 0 saturated heterocycles. The van der Waals surface area contributed by atoms with Crippen LogP contribution in [0.25, 0.3) is 22.5 Å². The lowest BCUT2D eigenvalue weighted by atomic mass is 10.0. The Morgan fingerprint density at radius 2 is 1.79 bits per heavy atom. The van der Waals surface area contributed by atoms with Gasteiger partial charge in [-0.2, -0.15) is 0 Å². The van der Waals surface area contributed by atoms with E-state index in [2.05, 4.69) is 55.0 Å². The van der Waals surface area contributed by atoms with Crippen LogP contribution in [0.5, 0.6) is 5.75 Å². The Morgan fingerprint density at radius 1 is 1.00 bits per heavy atom. The fourth-order valence-electron chi connectivity index (χ4n) is 3.48. The quantitative estimate of drug-likeness (QED) is 0.497. The van der Waals surface area contributed by atoms with Gasteiger partial charge in [0.05, 0.1) is 17.9 Å². The Bertz CT molecular complexity index is 897. The van der Waals surface area contributed by atoms with Crippen LogP contribution in [0.3, 0.4) is 0 Å². The summed E-state index contributed by atoms with van der Waals surface area (Å²) in [7, 11) is 2.05. The maximum atomic E-state index is 9.98. The Balaban J connectivity index is 2.01. The Kier molecular flexibility index (Phi) is 6.88. The number of nitrogens with zero attached hydrogens (tertiary/aromatic N) is 2. The third-order valence-electron chi connectivity index (χ3n) is 5.06. The first-order chi connectivity index (χ1) is 13.6. The second-order valence-electron chi connectivity index (χ2n) is 7.31. The number of phenolic OH excluding ortho intramolecular Hbond substituents is 1. The number of aromatic hydroxyl groups is 1. The van der Waals surface area contributed by atoms with Gasteiger partial charge in [0.2, 0.25) is 0 Å². The van der Waals surface area contributed by atoms with Gasteiger partial charge in [0.1, 0.15) is 11.6 Å². The summed E-state index contributed by atoms with van der Waals surface area (Å²) in [6.45, 7) is 6.08. The van der Waals surface area contributed by atoms with E-state index in [0.29, 0.717) is 0 Å². The predicted molar refractivity (Wildman–Crippen MR) is 116 cm³/mol. The van der Waals surface area contributed by atoms with Crippen molar-refractivity contribution in [2.45, 2.75) is 46.1 Å². The summed E-state index contributed by atoms with van der Waals surface area (Å²) >= 11 is 0. The summed E-state index contributed by atoms with van der Waals surface area (Å²) < 4.78 is 2.14. The van der Waals surface area contributed by atoms with Crippen LogP contribution in [-0.4, -0.2) is 21.2 Å². The van der Waals surface area contributed by atoms with Crippen molar-refractivity contribution in [1.82, 2.24) is 14.9 Å². The number of hydrogen-bond donors (Lipinski definition) is 2. The van der Waals surface area contributed by atoms with Gasteiger partial charge in [0.25, 0.3) is 0 Å². The Morgan fingerprint density at radius 3 is 2.46 bits per heavy atom. The van der Waals surface area contributed by atoms with Crippen molar-refractivity contribution in [3.05, 3.63) is 59.9 Å². The average molecular weight is 378 g/mol. The van der Waals surface area contributed by atoms with Crippen molar-refractivity contribution in [2.75, 3.05) is 6.54 Å². The molecule has 28 heavy (non-hydrogen) atoms. The van der Waals surface area contributed by atoms with Crippen LogP contribution in [0.2, 0.25) is 0 Å². The molecule has 4 heteroatoms. The lowest BCUT2D eigenvalue weighted by Crippen LogP contribution is -2.16. The summed E-state index contributed by atoms with van der Waals surface area (Å²) in [5, 5.41) is 13.4. The summed E-state index contributed by atoms with van der Waals surface area (Å²) in [4.78, 5) is 4.97. The van der Waals surface area contributed by atoms with Crippen molar-refractivity contribution in [3.8, 4) is 28.3 Å². The number of rotatable bonds is 9. The molecule has 4 nitrogen and oxygen atoms in total. The highest BCUT2D eigenvalue weighted by Gasteiger charge is 2.18. The minimum absolute atomic E-state index is 0.269. The number of aryl methyl sites for hydroxylation is 1. The van der Waals surface area contributed by atoms with E-state index in [-0.39, 0.29) is 5.75 Å². The molecule has 148 valence electrons. The largest absolute Gasteiger partial charge is 0.508 e. The Hall–Kier alpha value is -2.59. The van der Waals surface area contributed by atoms with Crippen molar-refractivity contribution in [3.63, 3.8) is 0 Å². The highest BCUT2D eigenvalue weighted by Crippen LogP contribution is 2.34. The molecule has 0 saturated carbocycles. The standard InChI is InChI=1S/C24H31N3O/c1-4-6-8-18-11-13-19(14-12-18)23-24(20-9-7-10-21(28)16-20)27(3)22(26-23)17-25-15-5-2/h7,9-14,16,25,28H,4-6,8,15,17H2,1-3H3. The number of phenols is 1. The average Bonchev–Trinajstić information content (AvgIpc) is 3.03. The molecule has 0 unspecified atom stereocenters. The lowest BCUT2D eigenvalue weighted by Gasteiger charge is -2.09. The molecule has 2 N–H and O–H groups in total. The van der Waals surface area contributed by atoms with Crippen molar-refractivity contribution >= 4 is 0 Å². The molecule has 0 spiro atoms. The SMILES string of the molecule is CCCCc1ccc(-c2nc(CNCCC)n(C)c2-c2cccc(O)c2)cc1. The summed E-state index contributed by atoms with van der Waals surface area (Å²) in [6.07, 6.45) is 4.63. The highest BCUT2D eigenvalue weighted by molar-refractivity contribution is 5.79. The third kappa shape index (κ3) is 4.63. The van der Waals surface area contributed by atoms with Gasteiger partial charge in [-0.3, -0.25) is 0 Å². The van der Waals surface area contributed by atoms with Crippen molar-refractivity contribution < 1.29 is 5.11 Å². The molecular formula is C24H31N3O. The van der Waals surface area contributed by atoms with Crippen LogP contribution in [-0.2, 0) is 20.0 Å². The van der Waals surface area contributed by atoms with Crippen LogP contribution >= 0.6 is 0 Å². The zero-order valence-corrected chi connectivity index (χ0v) is 17.2. The zero-order chi connectivity index (χ0) is 19.9. The van der Waals surface area contributed by atoms with Crippen molar-refractivity contribution in [1.29, 1.82) is 0 Å². The van der Waals surface area contributed by atoms with E-state index in [1.807, 2.05) is 12.1 Å². The summed E-state index contributed by atoms with van der Waals surface area (Å²) in [5.74, 6) is 1.27. The first-order valence-electron chi connectivity index (χ1n) is 10.3. The summed E-state index contributed by atoms with van der Waals surface area (Å²) in [5.41, 5.74) is 5.44. The monoisotopic (exact) mass is 377 g/mol. The smallest absolute Gasteiger partial charge is 0.123 e. The number of benzene rings is 2. The highest BCUT2D eigenvalue weighted by atomic mass is 16.3. The molecule has 0 aliphatic rings. The van der Waals surface area contributed by atoms with Crippen LogP contribution < -0.4 is 5.32 Å².